The molecule has 7 nitrogen and oxygen atoms in total. The largest absolute Gasteiger partial charge is 0.507 e. The normalized spacial score (nSPS) is 17.4. The molecular formula is C27H32N2O5. The lowest BCUT2D eigenvalue weighted by molar-refractivity contribution is -0.139. The van der Waals surface area contributed by atoms with Crippen molar-refractivity contribution >= 4 is 17.4 Å². The Morgan fingerprint density at radius 1 is 1.15 bits per heavy atom. The minimum absolute atomic E-state index is 0.0341. The van der Waals surface area contributed by atoms with Crippen molar-refractivity contribution in [3.63, 3.8) is 0 Å². The maximum atomic E-state index is 13.1. The number of likely N-dealkylation sites (tertiary alicyclic amines) is 1. The Kier molecular flexibility index (Phi) is 7.79. The standard InChI is InChI=1S/C27H32N2O5/c1-6-14-34-20-10-8-19(9-11-20)24-23(25(31)21-15-17(2)18(3)16-22(21)30)26(32)27(33)29(24)13-7-12-28(4)5/h6,8-11,15-16,24,30-31H,1,7,12-14H2,2-5H3. The van der Waals surface area contributed by atoms with E-state index in [0.717, 1.165) is 17.7 Å². The highest BCUT2D eigenvalue weighted by Crippen LogP contribution is 2.41. The lowest BCUT2D eigenvalue weighted by atomic mass is 9.93. The molecule has 0 spiro atoms. The van der Waals surface area contributed by atoms with Gasteiger partial charge >= 0.3 is 0 Å². The summed E-state index contributed by atoms with van der Waals surface area (Å²) in [5, 5.41) is 21.7. The molecule has 1 heterocycles. The molecule has 0 radical (unpaired) electrons. The number of aromatic hydroxyl groups is 1. The Labute approximate surface area is 200 Å². The van der Waals surface area contributed by atoms with Gasteiger partial charge in [0, 0.05) is 6.54 Å². The Bertz CT molecular complexity index is 1120. The molecule has 180 valence electrons. The van der Waals surface area contributed by atoms with Gasteiger partial charge in [-0.1, -0.05) is 24.8 Å². The molecule has 2 aromatic carbocycles. The number of benzene rings is 2. The van der Waals surface area contributed by atoms with Crippen LogP contribution in [0.25, 0.3) is 5.76 Å². The van der Waals surface area contributed by atoms with Crippen LogP contribution in [0.5, 0.6) is 11.5 Å². The predicted octanol–water partition coefficient (Wildman–Crippen LogP) is 3.95. The van der Waals surface area contributed by atoms with E-state index in [0.29, 0.717) is 30.9 Å². The van der Waals surface area contributed by atoms with Crippen LogP contribution in [-0.4, -0.2) is 65.5 Å². The average molecular weight is 465 g/mol. The Morgan fingerprint density at radius 3 is 2.41 bits per heavy atom. The van der Waals surface area contributed by atoms with E-state index < -0.39 is 17.7 Å². The first-order valence-electron chi connectivity index (χ1n) is 11.2. The number of aryl methyl sites for hydroxylation is 2. The average Bonchev–Trinajstić information content (AvgIpc) is 3.04. The molecule has 0 aliphatic carbocycles. The molecule has 2 aromatic rings. The van der Waals surface area contributed by atoms with Gasteiger partial charge in [0.05, 0.1) is 17.2 Å². The summed E-state index contributed by atoms with van der Waals surface area (Å²) < 4.78 is 5.55. The van der Waals surface area contributed by atoms with Crippen LogP contribution in [0.2, 0.25) is 0 Å². The molecular weight excluding hydrogens is 432 g/mol. The molecule has 2 N–H and O–H groups in total. The highest BCUT2D eigenvalue weighted by molar-refractivity contribution is 6.46. The van der Waals surface area contributed by atoms with Crippen LogP contribution in [-0.2, 0) is 9.59 Å². The first-order chi connectivity index (χ1) is 16.1. The number of phenolic OH excluding ortho intramolecular Hbond substituents is 1. The molecule has 1 atom stereocenters. The summed E-state index contributed by atoms with van der Waals surface area (Å²) in [6.07, 6.45) is 2.30. The second-order valence-electron chi connectivity index (χ2n) is 8.77. The molecule has 1 amide bonds. The molecule has 0 bridgehead atoms. The second kappa shape index (κ2) is 10.6. The van der Waals surface area contributed by atoms with Crippen LogP contribution in [0.3, 0.4) is 0 Å². The third kappa shape index (κ3) is 5.15. The Hall–Kier alpha value is -3.58. The third-order valence-corrected chi connectivity index (χ3v) is 5.98. The quantitative estimate of drug-likeness (QED) is 0.253. The number of hydrogen-bond donors (Lipinski definition) is 2. The topological polar surface area (TPSA) is 90.3 Å². The van der Waals surface area contributed by atoms with Crippen LogP contribution in [0.4, 0.5) is 0 Å². The molecule has 7 heteroatoms. The summed E-state index contributed by atoms with van der Waals surface area (Å²) >= 11 is 0. The fraction of sp³-hybridized carbons (Fsp3) is 0.333. The summed E-state index contributed by atoms with van der Waals surface area (Å²) in [5.74, 6) is -1.34. The van der Waals surface area contributed by atoms with Crippen molar-refractivity contribution in [3.05, 3.63) is 76.9 Å². The van der Waals surface area contributed by atoms with Crippen molar-refractivity contribution in [2.75, 3.05) is 33.8 Å². The number of carbonyl (C=O) groups excluding carboxylic acids is 2. The number of carbonyl (C=O) groups is 2. The monoisotopic (exact) mass is 464 g/mol. The molecule has 34 heavy (non-hydrogen) atoms. The van der Waals surface area contributed by atoms with Crippen molar-refractivity contribution < 1.29 is 24.5 Å². The van der Waals surface area contributed by atoms with Crippen LogP contribution < -0.4 is 4.74 Å². The zero-order valence-corrected chi connectivity index (χ0v) is 20.2. The summed E-state index contributed by atoms with van der Waals surface area (Å²) in [7, 11) is 3.88. The van der Waals surface area contributed by atoms with Gasteiger partial charge in [0.25, 0.3) is 11.7 Å². The van der Waals surface area contributed by atoms with Gasteiger partial charge in [-0.3, -0.25) is 9.59 Å². The van der Waals surface area contributed by atoms with Crippen molar-refractivity contribution in [1.82, 2.24) is 9.80 Å². The Morgan fingerprint density at radius 2 is 1.79 bits per heavy atom. The second-order valence-corrected chi connectivity index (χ2v) is 8.77. The third-order valence-electron chi connectivity index (χ3n) is 5.98. The predicted molar refractivity (Wildman–Crippen MR) is 132 cm³/mol. The first kappa shape index (κ1) is 25.1. The van der Waals surface area contributed by atoms with Gasteiger partial charge in [0.15, 0.2) is 0 Å². The van der Waals surface area contributed by atoms with Gasteiger partial charge in [0.1, 0.15) is 23.9 Å². The smallest absolute Gasteiger partial charge is 0.295 e. The summed E-state index contributed by atoms with van der Waals surface area (Å²) in [6, 6.07) is 9.46. The molecule has 3 rings (SSSR count). The maximum absolute atomic E-state index is 13.1. The molecule has 1 unspecified atom stereocenters. The first-order valence-corrected chi connectivity index (χ1v) is 11.2. The van der Waals surface area contributed by atoms with Crippen LogP contribution >= 0.6 is 0 Å². The SMILES string of the molecule is C=CCOc1ccc(C2C(=C(O)c3cc(C)c(C)cc3O)C(=O)C(=O)N2CCCN(C)C)cc1. The van der Waals surface area contributed by atoms with Gasteiger partial charge in [-0.15, -0.1) is 0 Å². The van der Waals surface area contributed by atoms with Gasteiger partial charge in [0.2, 0.25) is 0 Å². The fourth-order valence-corrected chi connectivity index (χ4v) is 4.05. The zero-order valence-electron chi connectivity index (χ0n) is 20.2. The van der Waals surface area contributed by atoms with Gasteiger partial charge in [-0.05, 0) is 81.9 Å². The summed E-state index contributed by atoms with van der Waals surface area (Å²) in [5.41, 5.74) is 2.46. The highest BCUT2D eigenvalue weighted by atomic mass is 16.5. The maximum Gasteiger partial charge on any atom is 0.295 e. The van der Waals surface area contributed by atoms with Gasteiger partial charge < -0.3 is 24.7 Å². The van der Waals surface area contributed by atoms with Gasteiger partial charge in [-0.2, -0.15) is 0 Å². The summed E-state index contributed by atoms with van der Waals surface area (Å²) in [6.45, 7) is 8.77. The zero-order chi connectivity index (χ0) is 25.0. The van der Waals surface area contributed by atoms with Crippen molar-refractivity contribution in [2.45, 2.75) is 26.3 Å². The lowest BCUT2D eigenvalue weighted by Crippen LogP contribution is -2.32. The number of hydrogen-bond acceptors (Lipinski definition) is 6. The van der Waals surface area contributed by atoms with E-state index in [1.807, 2.05) is 32.8 Å². The van der Waals surface area contributed by atoms with E-state index in [2.05, 4.69) is 6.58 Å². The van der Waals surface area contributed by atoms with Crippen molar-refractivity contribution in [1.29, 1.82) is 0 Å². The fourth-order valence-electron chi connectivity index (χ4n) is 4.05. The molecule has 0 saturated carbocycles. The van der Waals surface area contributed by atoms with E-state index in [1.165, 1.54) is 11.0 Å². The highest BCUT2D eigenvalue weighted by Gasteiger charge is 2.46. The molecule has 1 aliphatic rings. The number of nitrogens with zero attached hydrogens (tertiary/aromatic N) is 2. The number of aliphatic hydroxyl groups excluding tert-OH is 1. The lowest BCUT2D eigenvalue weighted by Gasteiger charge is -2.26. The number of phenols is 1. The van der Waals surface area contributed by atoms with Crippen molar-refractivity contribution in [3.8, 4) is 11.5 Å². The number of Topliss-reactive ketones (excluding diaryl/α,β-unsaturated/α-hetero) is 1. The van der Waals surface area contributed by atoms with Crippen molar-refractivity contribution in [2.24, 2.45) is 0 Å². The van der Waals surface area contributed by atoms with E-state index in [4.69, 9.17) is 4.74 Å². The van der Waals surface area contributed by atoms with Crippen LogP contribution in [0.15, 0.2) is 54.6 Å². The van der Waals surface area contributed by atoms with E-state index in [-0.39, 0.29) is 22.6 Å². The Balaban J connectivity index is 2.11. The number of rotatable bonds is 9. The molecule has 1 fully saturated rings. The number of aliphatic hydroxyl groups is 1. The van der Waals surface area contributed by atoms with Gasteiger partial charge in [-0.25, -0.2) is 0 Å². The number of ketones is 1. The molecule has 1 saturated heterocycles. The minimum atomic E-state index is -0.781. The molecule has 0 aromatic heterocycles. The van der Waals surface area contributed by atoms with E-state index >= 15 is 0 Å². The van der Waals surface area contributed by atoms with E-state index in [1.54, 1.807) is 36.4 Å². The number of ether oxygens (including phenoxy) is 1. The van der Waals surface area contributed by atoms with Crippen LogP contribution in [0.1, 0.15) is 34.7 Å². The summed E-state index contributed by atoms with van der Waals surface area (Å²) in [4.78, 5) is 29.7. The molecule has 1 aliphatic heterocycles. The minimum Gasteiger partial charge on any atom is -0.507 e. The van der Waals surface area contributed by atoms with Crippen LogP contribution in [0, 0.1) is 13.8 Å². The van der Waals surface area contributed by atoms with E-state index in [9.17, 15) is 19.8 Å². The number of amides is 1.